The third kappa shape index (κ3) is 4.95. The number of nitrogens with one attached hydrogen (secondary N) is 1. The van der Waals surface area contributed by atoms with Crippen LogP contribution in [0.3, 0.4) is 0 Å². The molecule has 8 heteroatoms. The van der Waals surface area contributed by atoms with Gasteiger partial charge in [0.25, 0.3) is 5.91 Å². The van der Waals surface area contributed by atoms with Crippen LogP contribution in [0.5, 0.6) is 5.75 Å². The molecule has 2 aromatic rings. The normalized spacial score (nSPS) is 15.8. The van der Waals surface area contributed by atoms with Crippen molar-refractivity contribution >= 4 is 21.6 Å². The molecule has 0 bridgehead atoms. The lowest BCUT2D eigenvalue weighted by Crippen LogP contribution is -2.48. The van der Waals surface area contributed by atoms with Gasteiger partial charge in [-0.15, -0.1) is 0 Å². The number of piperazine rings is 1. The number of sulfonamides is 1. The molecule has 0 atom stereocenters. The number of ether oxygens (including phenoxy) is 1. The van der Waals surface area contributed by atoms with E-state index in [1.165, 1.54) is 10.4 Å². The molecule has 0 aromatic heterocycles. The summed E-state index contributed by atoms with van der Waals surface area (Å²) in [6, 6.07) is 13.3. The van der Waals surface area contributed by atoms with Crippen LogP contribution in [0.2, 0.25) is 0 Å². The van der Waals surface area contributed by atoms with Gasteiger partial charge >= 0.3 is 0 Å². The lowest BCUT2D eigenvalue weighted by Gasteiger charge is -2.33. The molecule has 0 unspecified atom stereocenters. The smallest absolute Gasteiger partial charge is 0.259 e. The predicted octanol–water partition coefficient (Wildman–Crippen LogP) is 2.66. The van der Waals surface area contributed by atoms with Crippen molar-refractivity contribution < 1.29 is 17.9 Å². The van der Waals surface area contributed by atoms with Crippen LogP contribution in [0.1, 0.15) is 24.2 Å². The number of nitrogens with zero attached hydrogens (tertiary/aromatic N) is 2. The maximum Gasteiger partial charge on any atom is 0.259 e. The first-order valence-corrected chi connectivity index (χ1v) is 11.3. The first-order chi connectivity index (χ1) is 14.0. The minimum absolute atomic E-state index is 0.179. The Hall–Kier alpha value is -2.42. The summed E-state index contributed by atoms with van der Waals surface area (Å²) in [7, 11) is -3.60. The molecule has 3 rings (SSSR count). The highest BCUT2D eigenvalue weighted by Crippen LogP contribution is 2.23. The molecular weight excluding hydrogens is 390 g/mol. The number of anilines is 1. The summed E-state index contributed by atoms with van der Waals surface area (Å²) in [6.45, 7) is 7.66. The zero-order valence-electron chi connectivity index (χ0n) is 16.8. The average molecular weight is 418 g/mol. The standard InChI is InChI=1S/C21H27N3O4S/c1-3-23-12-14-24(15-13-23)29(26,27)18-9-7-8-17(16-18)22-21(25)19-10-5-6-11-20(19)28-4-2/h5-11,16H,3-4,12-15H2,1-2H3,(H,22,25). The second-order valence-corrected chi connectivity index (χ2v) is 8.69. The molecule has 156 valence electrons. The number of carbonyl (C=O) groups excluding carboxylic acids is 1. The fourth-order valence-corrected chi connectivity index (χ4v) is 4.77. The molecule has 0 saturated carbocycles. The summed E-state index contributed by atoms with van der Waals surface area (Å²) in [5, 5.41) is 2.78. The second kappa shape index (κ2) is 9.39. The number of hydrogen-bond donors (Lipinski definition) is 1. The molecule has 0 aliphatic carbocycles. The Morgan fingerprint density at radius 2 is 1.76 bits per heavy atom. The Bertz CT molecular complexity index is 954. The number of para-hydroxylation sites is 1. The van der Waals surface area contributed by atoms with Gasteiger partial charge in [-0.25, -0.2) is 8.42 Å². The van der Waals surface area contributed by atoms with Gasteiger partial charge in [0, 0.05) is 31.9 Å². The lowest BCUT2D eigenvalue weighted by molar-refractivity contribution is 0.102. The van der Waals surface area contributed by atoms with Gasteiger partial charge in [-0.3, -0.25) is 4.79 Å². The molecule has 1 aliphatic rings. The van der Waals surface area contributed by atoms with Gasteiger partial charge in [-0.2, -0.15) is 4.31 Å². The van der Waals surface area contributed by atoms with Crippen molar-refractivity contribution in [2.24, 2.45) is 0 Å². The molecule has 1 N–H and O–H groups in total. The summed E-state index contributed by atoms with van der Waals surface area (Å²) in [5.41, 5.74) is 0.827. The number of carbonyl (C=O) groups is 1. The summed E-state index contributed by atoms with van der Waals surface area (Å²) < 4.78 is 33.0. The van der Waals surface area contributed by atoms with Crippen molar-refractivity contribution in [2.45, 2.75) is 18.7 Å². The zero-order valence-corrected chi connectivity index (χ0v) is 17.6. The van der Waals surface area contributed by atoms with Crippen LogP contribution in [0.25, 0.3) is 0 Å². The highest BCUT2D eigenvalue weighted by molar-refractivity contribution is 7.89. The fourth-order valence-electron chi connectivity index (χ4n) is 3.30. The number of hydrogen-bond acceptors (Lipinski definition) is 5. The molecule has 1 fully saturated rings. The average Bonchev–Trinajstić information content (AvgIpc) is 2.74. The summed E-state index contributed by atoms with van der Waals surface area (Å²) in [4.78, 5) is 15.1. The van der Waals surface area contributed by atoms with Crippen LogP contribution >= 0.6 is 0 Å². The van der Waals surface area contributed by atoms with Crippen molar-refractivity contribution in [2.75, 3.05) is 44.6 Å². The highest BCUT2D eigenvalue weighted by atomic mass is 32.2. The maximum absolute atomic E-state index is 13.0. The number of benzene rings is 2. The monoisotopic (exact) mass is 417 g/mol. The van der Waals surface area contributed by atoms with Gasteiger partial charge in [0.15, 0.2) is 0 Å². The largest absolute Gasteiger partial charge is 0.493 e. The third-order valence-electron chi connectivity index (χ3n) is 4.94. The molecule has 7 nitrogen and oxygen atoms in total. The van der Waals surface area contributed by atoms with Crippen LogP contribution in [-0.4, -0.2) is 62.9 Å². The Kier molecular flexibility index (Phi) is 6.89. The van der Waals surface area contributed by atoms with E-state index in [0.717, 1.165) is 19.6 Å². The van der Waals surface area contributed by atoms with Crippen molar-refractivity contribution in [3.63, 3.8) is 0 Å². The third-order valence-corrected chi connectivity index (χ3v) is 6.83. The first kappa shape index (κ1) is 21.3. The molecule has 29 heavy (non-hydrogen) atoms. The van der Waals surface area contributed by atoms with Crippen molar-refractivity contribution in [1.29, 1.82) is 0 Å². The summed E-state index contributed by atoms with van der Waals surface area (Å²) in [6.07, 6.45) is 0. The van der Waals surface area contributed by atoms with Crippen LogP contribution in [0.15, 0.2) is 53.4 Å². The summed E-state index contributed by atoms with van der Waals surface area (Å²) in [5.74, 6) is 0.144. The first-order valence-electron chi connectivity index (χ1n) is 9.81. The Labute approximate surface area is 172 Å². The van der Waals surface area contributed by atoms with E-state index < -0.39 is 10.0 Å². The van der Waals surface area contributed by atoms with E-state index in [9.17, 15) is 13.2 Å². The van der Waals surface area contributed by atoms with Gasteiger partial charge in [-0.05, 0) is 43.8 Å². The molecule has 0 radical (unpaired) electrons. The molecule has 0 spiro atoms. The van der Waals surface area contributed by atoms with E-state index >= 15 is 0 Å². The van der Waals surface area contributed by atoms with Gasteiger partial charge in [0.1, 0.15) is 5.75 Å². The number of amides is 1. The van der Waals surface area contributed by atoms with Gasteiger partial charge in [0.2, 0.25) is 10.0 Å². The van der Waals surface area contributed by atoms with E-state index in [4.69, 9.17) is 4.74 Å². The number of rotatable bonds is 7. The van der Waals surface area contributed by atoms with Crippen LogP contribution in [0.4, 0.5) is 5.69 Å². The maximum atomic E-state index is 13.0. The van der Waals surface area contributed by atoms with Gasteiger partial charge in [0.05, 0.1) is 17.1 Å². The van der Waals surface area contributed by atoms with Crippen LogP contribution in [0, 0.1) is 0 Å². The number of likely N-dealkylation sites (N-methyl/N-ethyl adjacent to an activating group) is 1. The fraction of sp³-hybridized carbons (Fsp3) is 0.381. The second-order valence-electron chi connectivity index (χ2n) is 6.75. The Morgan fingerprint density at radius 1 is 1.03 bits per heavy atom. The molecule has 1 aliphatic heterocycles. The predicted molar refractivity (Wildman–Crippen MR) is 113 cm³/mol. The van der Waals surface area contributed by atoms with Crippen LogP contribution in [-0.2, 0) is 10.0 Å². The van der Waals surface area contributed by atoms with Gasteiger partial charge < -0.3 is 15.0 Å². The minimum atomic E-state index is -3.60. The molecule has 1 amide bonds. The van der Waals surface area contributed by atoms with Crippen molar-refractivity contribution in [3.05, 3.63) is 54.1 Å². The molecule has 1 saturated heterocycles. The van der Waals surface area contributed by atoms with E-state index in [2.05, 4.69) is 17.1 Å². The lowest BCUT2D eigenvalue weighted by atomic mass is 10.2. The molecule has 1 heterocycles. The minimum Gasteiger partial charge on any atom is -0.493 e. The van der Waals surface area contributed by atoms with E-state index in [-0.39, 0.29) is 10.8 Å². The van der Waals surface area contributed by atoms with E-state index in [0.29, 0.717) is 36.7 Å². The van der Waals surface area contributed by atoms with Crippen LogP contribution < -0.4 is 10.1 Å². The SMILES string of the molecule is CCOc1ccccc1C(=O)Nc1cccc(S(=O)(=O)N2CCN(CC)CC2)c1. The highest BCUT2D eigenvalue weighted by Gasteiger charge is 2.28. The topological polar surface area (TPSA) is 78.9 Å². The quantitative estimate of drug-likeness (QED) is 0.749. The molecular formula is C21H27N3O4S. The van der Waals surface area contributed by atoms with Crippen molar-refractivity contribution in [3.8, 4) is 5.75 Å². The zero-order chi connectivity index (χ0) is 20.9. The Morgan fingerprint density at radius 3 is 2.45 bits per heavy atom. The van der Waals surface area contributed by atoms with Gasteiger partial charge in [-0.1, -0.05) is 25.1 Å². The van der Waals surface area contributed by atoms with E-state index in [1.807, 2.05) is 6.92 Å². The summed E-state index contributed by atoms with van der Waals surface area (Å²) >= 11 is 0. The molecule has 2 aromatic carbocycles. The van der Waals surface area contributed by atoms with Crippen molar-refractivity contribution in [1.82, 2.24) is 9.21 Å². The van der Waals surface area contributed by atoms with E-state index in [1.54, 1.807) is 42.5 Å². The Balaban J connectivity index is 1.77.